The van der Waals surface area contributed by atoms with Crippen molar-refractivity contribution in [2.75, 3.05) is 19.3 Å². The van der Waals surface area contributed by atoms with Crippen molar-refractivity contribution in [3.8, 4) is 0 Å². The highest BCUT2D eigenvalue weighted by Crippen LogP contribution is 2.29. The van der Waals surface area contributed by atoms with Crippen molar-refractivity contribution in [1.82, 2.24) is 14.2 Å². The molecule has 1 fully saturated rings. The number of halogens is 1. The van der Waals surface area contributed by atoms with E-state index in [-0.39, 0.29) is 11.9 Å². The highest BCUT2D eigenvalue weighted by atomic mass is 35.5. The van der Waals surface area contributed by atoms with E-state index in [1.165, 1.54) is 10.6 Å². The molecule has 0 bridgehead atoms. The average Bonchev–Trinajstić information content (AvgIpc) is 2.79. The lowest BCUT2D eigenvalue weighted by Crippen LogP contribution is -2.49. The second-order valence-electron chi connectivity index (χ2n) is 6.17. The Hall–Kier alpha value is -1.57. The number of carbonyl (C=O) groups excluding carboxylic acids is 1. The zero-order chi connectivity index (χ0) is 17.5. The number of rotatable bonds is 3. The fourth-order valence-electron chi connectivity index (χ4n) is 3.21. The lowest BCUT2D eigenvalue weighted by Gasteiger charge is -2.31. The van der Waals surface area contributed by atoms with Crippen LogP contribution in [-0.4, -0.2) is 48.6 Å². The summed E-state index contributed by atoms with van der Waals surface area (Å²) in [6.45, 7) is 0.798. The number of aryl methyl sites for hydroxylation is 1. The van der Waals surface area contributed by atoms with E-state index in [0.717, 1.165) is 23.7 Å². The quantitative estimate of drug-likeness (QED) is 0.899. The second-order valence-corrected chi connectivity index (χ2v) is 8.53. The zero-order valence-electron chi connectivity index (χ0n) is 13.6. The number of hydrogen-bond acceptors (Lipinski definition) is 3. The van der Waals surface area contributed by atoms with Crippen molar-refractivity contribution in [2.45, 2.75) is 18.9 Å². The van der Waals surface area contributed by atoms with E-state index < -0.39 is 10.0 Å². The van der Waals surface area contributed by atoms with Crippen LogP contribution in [0.25, 0.3) is 10.9 Å². The minimum absolute atomic E-state index is 0.213. The molecule has 0 saturated carbocycles. The molecule has 1 N–H and O–H groups in total. The normalized spacial score (nSPS) is 19.5. The third-order valence-electron chi connectivity index (χ3n) is 4.45. The van der Waals surface area contributed by atoms with Gasteiger partial charge in [0, 0.05) is 37.1 Å². The van der Waals surface area contributed by atoms with Gasteiger partial charge >= 0.3 is 0 Å². The van der Waals surface area contributed by atoms with E-state index in [9.17, 15) is 13.2 Å². The summed E-state index contributed by atoms with van der Waals surface area (Å²) in [6, 6.07) is 7.34. The fourth-order valence-corrected chi connectivity index (χ4v) is 4.50. The zero-order valence-corrected chi connectivity index (χ0v) is 15.2. The van der Waals surface area contributed by atoms with Crippen LogP contribution in [0.3, 0.4) is 0 Å². The summed E-state index contributed by atoms with van der Waals surface area (Å²) < 4.78 is 26.6. The third kappa shape index (κ3) is 3.16. The predicted octanol–water partition coefficient (Wildman–Crippen LogP) is 1.99. The van der Waals surface area contributed by atoms with Crippen molar-refractivity contribution in [3.63, 3.8) is 0 Å². The number of hydrogen-bond donors (Lipinski definition) is 1. The molecule has 3 rings (SSSR count). The molecule has 1 aliphatic rings. The van der Waals surface area contributed by atoms with Crippen molar-refractivity contribution in [3.05, 3.63) is 35.0 Å². The number of amides is 1. The van der Waals surface area contributed by atoms with Gasteiger partial charge in [0.15, 0.2) is 0 Å². The molecule has 1 aromatic heterocycles. The van der Waals surface area contributed by atoms with Gasteiger partial charge in [-0.05, 0) is 18.9 Å². The Balaban J connectivity index is 1.83. The number of carbonyl (C=O) groups is 1. The first kappa shape index (κ1) is 17.3. The summed E-state index contributed by atoms with van der Waals surface area (Å²) in [5, 5.41) is 4.17. The monoisotopic (exact) mass is 369 g/mol. The molecule has 8 heteroatoms. The number of para-hydroxylation sites is 1. The van der Waals surface area contributed by atoms with Gasteiger partial charge in [-0.15, -0.1) is 0 Å². The van der Waals surface area contributed by atoms with E-state index in [4.69, 9.17) is 11.6 Å². The SMILES string of the molecule is Cn1c(C(=O)NC2CCCN(S(C)(=O)=O)C2)c(Cl)c2ccccc21. The minimum atomic E-state index is -3.25. The molecule has 1 atom stereocenters. The van der Waals surface area contributed by atoms with Crippen LogP contribution in [-0.2, 0) is 17.1 Å². The molecule has 130 valence electrons. The Morgan fingerprint density at radius 3 is 2.71 bits per heavy atom. The first-order valence-corrected chi connectivity index (χ1v) is 10.0. The molecule has 2 heterocycles. The number of nitrogens with zero attached hydrogens (tertiary/aromatic N) is 2. The second kappa shape index (κ2) is 6.38. The van der Waals surface area contributed by atoms with Crippen molar-refractivity contribution in [1.29, 1.82) is 0 Å². The standard InChI is InChI=1S/C16H20ClN3O3S/c1-19-13-8-4-3-7-12(13)14(17)15(19)16(21)18-11-6-5-9-20(10-11)24(2,22)23/h3-4,7-8,11H,5-6,9-10H2,1-2H3,(H,18,21). The van der Waals surface area contributed by atoms with Crippen LogP contribution in [0.1, 0.15) is 23.3 Å². The van der Waals surface area contributed by atoms with E-state index in [0.29, 0.717) is 23.8 Å². The van der Waals surface area contributed by atoms with Gasteiger partial charge in [-0.3, -0.25) is 4.79 Å². The Kier molecular flexibility index (Phi) is 4.59. The first-order chi connectivity index (χ1) is 11.3. The smallest absolute Gasteiger partial charge is 0.269 e. The number of aromatic nitrogens is 1. The largest absolute Gasteiger partial charge is 0.347 e. The molecule has 1 amide bonds. The third-order valence-corrected chi connectivity index (χ3v) is 6.10. The van der Waals surface area contributed by atoms with Gasteiger partial charge < -0.3 is 9.88 Å². The first-order valence-electron chi connectivity index (χ1n) is 7.78. The van der Waals surface area contributed by atoms with Gasteiger partial charge in [-0.1, -0.05) is 29.8 Å². The van der Waals surface area contributed by atoms with E-state index in [1.54, 1.807) is 11.6 Å². The Morgan fingerprint density at radius 2 is 2.04 bits per heavy atom. The Bertz CT molecular complexity index is 852. The molecule has 0 aliphatic carbocycles. The molecular formula is C16H20ClN3O3S. The van der Waals surface area contributed by atoms with Crippen LogP contribution < -0.4 is 5.32 Å². The molecule has 24 heavy (non-hydrogen) atoms. The number of nitrogens with one attached hydrogen (secondary N) is 1. The number of fused-ring (bicyclic) bond motifs is 1. The fraction of sp³-hybridized carbons (Fsp3) is 0.438. The van der Waals surface area contributed by atoms with E-state index in [2.05, 4.69) is 5.32 Å². The molecule has 1 aliphatic heterocycles. The highest BCUT2D eigenvalue weighted by Gasteiger charge is 2.28. The summed E-state index contributed by atoms with van der Waals surface area (Å²) >= 11 is 6.39. The van der Waals surface area contributed by atoms with Gasteiger partial charge in [0.25, 0.3) is 5.91 Å². The Labute approximate surface area is 146 Å². The lowest BCUT2D eigenvalue weighted by molar-refractivity contribution is 0.0914. The molecule has 6 nitrogen and oxygen atoms in total. The van der Waals surface area contributed by atoms with Crippen LogP contribution in [0, 0.1) is 0 Å². The van der Waals surface area contributed by atoms with Crippen LogP contribution in [0.2, 0.25) is 5.02 Å². The molecule has 0 radical (unpaired) electrons. The minimum Gasteiger partial charge on any atom is -0.347 e. The van der Waals surface area contributed by atoms with Gasteiger partial charge in [0.2, 0.25) is 10.0 Å². The molecule has 1 saturated heterocycles. The van der Waals surface area contributed by atoms with Gasteiger partial charge in [0.1, 0.15) is 5.69 Å². The summed E-state index contributed by atoms with van der Waals surface area (Å²) in [5.41, 5.74) is 1.28. The maximum atomic E-state index is 12.7. The molecular weight excluding hydrogens is 350 g/mol. The molecule has 1 unspecified atom stereocenters. The van der Waals surface area contributed by atoms with Crippen LogP contribution in [0.5, 0.6) is 0 Å². The number of benzene rings is 1. The van der Waals surface area contributed by atoms with E-state index in [1.807, 2.05) is 24.3 Å². The van der Waals surface area contributed by atoms with Crippen molar-refractivity contribution >= 4 is 38.4 Å². The molecule has 0 spiro atoms. The van der Waals surface area contributed by atoms with Crippen LogP contribution in [0.4, 0.5) is 0 Å². The maximum Gasteiger partial charge on any atom is 0.269 e. The Morgan fingerprint density at radius 1 is 1.33 bits per heavy atom. The summed E-state index contributed by atoms with van der Waals surface area (Å²) in [6.07, 6.45) is 2.66. The topological polar surface area (TPSA) is 71.4 Å². The highest BCUT2D eigenvalue weighted by molar-refractivity contribution is 7.88. The van der Waals surface area contributed by atoms with Crippen molar-refractivity contribution < 1.29 is 13.2 Å². The molecule has 2 aromatic rings. The van der Waals surface area contributed by atoms with Gasteiger partial charge in [0.05, 0.1) is 11.3 Å². The van der Waals surface area contributed by atoms with Crippen LogP contribution in [0.15, 0.2) is 24.3 Å². The maximum absolute atomic E-state index is 12.7. The number of piperidine rings is 1. The summed E-state index contributed by atoms with van der Waals surface area (Å²) in [5.74, 6) is -0.279. The number of sulfonamides is 1. The van der Waals surface area contributed by atoms with E-state index >= 15 is 0 Å². The summed E-state index contributed by atoms with van der Waals surface area (Å²) in [4.78, 5) is 12.7. The predicted molar refractivity (Wildman–Crippen MR) is 94.8 cm³/mol. The van der Waals surface area contributed by atoms with Gasteiger partial charge in [-0.25, -0.2) is 12.7 Å². The summed E-state index contributed by atoms with van der Waals surface area (Å²) in [7, 11) is -1.45. The van der Waals surface area contributed by atoms with Crippen LogP contribution >= 0.6 is 11.6 Å². The average molecular weight is 370 g/mol. The molecule has 1 aromatic carbocycles. The lowest BCUT2D eigenvalue weighted by atomic mass is 10.1. The van der Waals surface area contributed by atoms with Crippen molar-refractivity contribution in [2.24, 2.45) is 7.05 Å². The van der Waals surface area contributed by atoms with Gasteiger partial charge in [-0.2, -0.15) is 0 Å².